The molecule has 0 N–H and O–H groups in total. The van der Waals surface area contributed by atoms with Crippen LogP contribution in [0.1, 0.15) is 22.9 Å². The number of rotatable bonds is 4. The average Bonchev–Trinajstić information content (AvgIpc) is 2.79. The number of hydrogen-bond acceptors (Lipinski definition) is 2. The lowest BCUT2D eigenvalue weighted by Crippen LogP contribution is -2.34. The number of anilines is 1. The van der Waals surface area contributed by atoms with Gasteiger partial charge >= 0.3 is 6.18 Å². The third-order valence-electron chi connectivity index (χ3n) is 4.93. The van der Waals surface area contributed by atoms with Crippen molar-refractivity contribution >= 4 is 11.4 Å². The predicted molar refractivity (Wildman–Crippen MR) is 110 cm³/mol. The largest absolute Gasteiger partial charge is 0.416 e. The fraction of sp³-hybridized carbons (Fsp3) is 0.125. The SMILES string of the molecule is FC(F)C1=CC(c2ccccc2)=NC(c2ccc(C(F)(F)F)cc2)N1c1ccccc1. The van der Waals surface area contributed by atoms with E-state index < -0.39 is 24.3 Å². The van der Waals surface area contributed by atoms with Gasteiger partial charge in [-0.15, -0.1) is 0 Å². The van der Waals surface area contributed by atoms with E-state index in [1.165, 1.54) is 23.1 Å². The number of nitrogens with zero attached hydrogens (tertiary/aromatic N) is 2. The van der Waals surface area contributed by atoms with Crippen molar-refractivity contribution in [2.24, 2.45) is 4.99 Å². The Hall–Kier alpha value is -3.48. The summed E-state index contributed by atoms with van der Waals surface area (Å²) >= 11 is 0. The van der Waals surface area contributed by atoms with E-state index in [1.54, 1.807) is 60.7 Å². The summed E-state index contributed by atoms with van der Waals surface area (Å²) in [5, 5.41) is 0. The molecular formula is C24H17F5N2. The third-order valence-corrected chi connectivity index (χ3v) is 4.93. The second-order valence-corrected chi connectivity index (χ2v) is 6.95. The number of halogens is 5. The first kappa shape index (κ1) is 20.8. The molecule has 2 nitrogen and oxygen atoms in total. The molecule has 3 aromatic rings. The van der Waals surface area contributed by atoms with Crippen LogP contribution in [0, 0.1) is 0 Å². The van der Waals surface area contributed by atoms with Gasteiger partial charge in [-0.05, 0) is 41.5 Å². The Kier molecular flexibility index (Phi) is 5.59. The topological polar surface area (TPSA) is 15.6 Å². The monoisotopic (exact) mass is 428 g/mol. The maximum atomic E-state index is 14.1. The smallest absolute Gasteiger partial charge is 0.313 e. The fourth-order valence-electron chi connectivity index (χ4n) is 3.46. The molecule has 0 spiro atoms. The lowest BCUT2D eigenvalue weighted by molar-refractivity contribution is -0.137. The second kappa shape index (κ2) is 8.34. The zero-order valence-corrected chi connectivity index (χ0v) is 16.1. The zero-order valence-electron chi connectivity index (χ0n) is 16.1. The molecule has 0 radical (unpaired) electrons. The number of para-hydroxylation sites is 1. The summed E-state index contributed by atoms with van der Waals surface area (Å²) in [7, 11) is 0. The van der Waals surface area contributed by atoms with Crippen LogP contribution in [0.2, 0.25) is 0 Å². The van der Waals surface area contributed by atoms with Gasteiger partial charge in [0.1, 0.15) is 0 Å². The van der Waals surface area contributed by atoms with Crippen LogP contribution in [0.25, 0.3) is 0 Å². The van der Waals surface area contributed by atoms with Gasteiger partial charge in [0.2, 0.25) is 0 Å². The molecular weight excluding hydrogens is 411 g/mol. The van der Waals surface area contributed by atoms with Gasteiger partial charge in [-0.1, -0.05) is 60.7 Å². The third kappa shape index (κ3) is 4.35. The van der Waals surface area contributed by atoms with Crippen molar-refractivity contribution in [1.29, 1.82) is 0 Å². The molecule has 1 aliphatic heterocycles. The Balaban J connectivity index is 1.86. The number of benzene rings is 3. The summed E-state index contributed by atoms with van der Waals surface area (Å²) < 4.78 is 67.3. The molecule has 0 aromatic heterocycles. The van der Waals surface area contributed by atoms with Gasteiger partial charge in [0.15, 0.2) is 6.17 Å². The van der Waals surface area contributed by atoms with Crippen molar-refractivity contribution in [3.05, 3.63) is 113 Å². The second-order valence-electron chi connectivity index (χ2n) is 6.95. The first-order valence-corrected chi connectivity index (χ1v) is 9.49. The Morgan fingerprint density at radius 1 is 0.774 bits per heavy atom. The highest BCUT2D eigenvalue weighted by molar-refractivity contribution is 6.10. The molecule has 1 unspecified atom stereocenters. The van der Waals surface area contributed by atoms with E-state index >= 15 is 0 Å². The molecule has 1 heterocycles. The van der Waals surface area contributed by atoms with Gasteiger partial charge in [0.25, 0.3) is 6.43 Å². The van der Waals surface area contributed by atoms with Crippen LogP contribution in [-0.4, -0.2) is 12.1 Å². The standard InChI is InChI=1S/C24H17F5N2/c25-22(26)21-15-20(16-7-3-1-4-8-16)30-23(31(21)19-9-5-2-6-10-19)17-11-13-18(14-12-17)24(27,28)29/h1-15,22-23H. The highest BCUT2D eigenvalue weighted by atomic mass is 19.4. The molecule has 0 aliphatic carbocycles. The summed E-state index contributed by atoms with van der Waals surface area (Å²) in [6.07, 6.45) is -6.93. The maximum absolute atomic E-state index is 14.1. The molecule has 4 rings (SSSR count). The summed E-state index contributed by atoms with van der Waals surface area (Å²) in [6, 6.07) is 21.8. The summed E-state index contributed by atoms with van der Waals surface area (Å²) in [5.74, 6) is 0. The molecule has 158 valence electrons. The minimum atomic E-state index is -4.49. The summed E-state index contributed by atoms with van der Waals surface area (Å²) in [6.45, 7) is 0. The molecule has 0 fully saturated rings. The van der Waals surface area contributed by atoms with Gasteiger partial charge in [0.05, 0.1) is 17.0 Å². The Morgan fingerprint density at radius 2 is 1.35 bits per heavy atom. The fourth-order valence-corrected chi connectivity index (χ4v) is 3.46. The van der Waals surface area contributed by atoms with Crippen LogP contribution in [0.4, 0.5) is 27.6 Å². The number of alkyl halides is 5. The van der Waals surface area contributed by atoms with Crippen LogP contribution in [-0.2, 0) is 6.18 Å². The Labute approximate surface area is 176 Å². The van der Waals surface area contributed by atoms with Crippen LogP contribution in [0.3, 0.4) is 0 Å². The lowest BCUT2D eigenvalue weighted by Gasteiger charge is -2.36. The molecule has 0 amide bonds. The lowest BCUT2D eigenvalue weighted by atomic mass is 10.0. The molecule has 3 aromatic carbocycles. The van der Waals surface area contributed by atoms with Crippen LogP contribution >= 0.6 is 0 Å². The molecule has 7 heteroatoms. The first-order valence-electron chi connectivity index (χ1n) is 9.49. The van der Waals surface area contributed by atoms with Crippen molar-refractivity contribution in [2.75, 3.05) is 4.90 Å². The van der Waals surface area contributed by atoms with E-state index in [-0.39, 0.29) is 5.70 Å². The Morgan fingerprint density at radius 3 is 1.90 bits per heavy atom. The van der Waals surface area contributed by atoms with Crippen molar-refractivity contribution in [3.8, 4) is 0 Å². The molecule has 1 atom stereocenters. The Bertz CT molecular complexity index is 1090. The van der Waals surface area contributed by atoms with Crippen molar-refractivity contribution in [1.82, 2.24) is 0 Å². The van der Waals surface area contributed by atoms with E-state index in [4.69, 9.17) is 0 Å². The van der Waals surface area contributed by atoms with E-state index in [2.05, 4.69) is 4.99 Å². The van der Waals surface area contributed by atoms with Gasteiger partial charge in [-0.2, -0.15) is 13.2 Å². The number of aliphatic imine (C=N–C) groups is 1. The van der Waals surface area contributed by atoms with E-state index in [1.807, 2.05) is 0 Å². The highest BCUT2D eigenvalue weighted by Gasteiger charge is 2.34. The molecule has 0 saturated heterocycles. The van der Waals surface area contributed by atoms with Gasteiger partial charge < -0.3 is 4.90 Å². The predicted octanol–water partition coefficient (Wildman–Crippen LogP) is 6.86. The summed E-state index contributed by atoms with van der Waals surface area (Å²) in [5.41, 5.74) is 0.741. The van der Waals surface area contributed by atoms with Gasteiger partial charge in [-0.25, -0.2) is 8.78 Å². The van der Waals surface area contributed by atoms with Crippen LogP contribution in [0.15, 0.2) is 102 Å². The highest BCUT2D eigenvalue weighted by Crippen LogP contribution is 2.39. The van der Waals surface area contributed by atoms with Crippen molar-refractivity contribution in [2.45, 2.75) is 18.8 Å². The minimum absolute atomic E-state index is 0.273. The van der Waals surface area contributed by atoms with Gasteiger partial charge in [-0.3, -0.25) is 4.99 Å². The van der Waals surface area contributed by atoms with Gasteiger partial charge in [0, 0.05) is 5.69 Å². The number of allylic oxidation sites excluding steroid dienone is 2. The van der Waals surface area contributed by atoms with E-state index in [0.717, 1.165) is 12.1 Å². The minimum Gasteiger partial charge on any atom is -0.313 e. The zero-order chi connectivity index (χ0) is 22.0. The number of hydrogen-bond donors (Lipinski definition) is 0. The van der Waals surface area contributed by atoms with Crippen molar-refractivity contribution in [3.63, 3.8) is 0 Å². The first-order chi connectivity index (χ1) is 14.8. The molecule has 1 aliphatic rings. The van der Waals surface area contributed by atoms with Crippen LogP contribution < -0.4 is 4.90 Å². The normalized spacial score (nSPS) is 16.8. The molecule has 0 saturated carbocycles. The van der Waals surface area contributed by atoms with E-state index in [0.29, 0.717) is 22.5 Å². The van der Waals surface area contributed by atoms with E-state index in [9.17, 15) is 22.0 Å². The van der Waals surface area contributed by atoms with Crippen LogP contribution in [0.5, 0.6) is 0 Å². The molecule has 31 heavy (non-hydrogen) atoms. The quantitative estimate of drug-likeness (QED) is 0.415. The maximum Gasteiger partial charge on any atom is 0.416 e. The average molecular weight is 428 g/mol. The summed E-state index contributed by atoms with van der Waals surface area (Å²) in [4.78, 5) is 6.02. The van der Waals surface area contributed by atoms with Crippen molar-refractivity contribution < 1.29 is 22.0 Å². The molecule has 0 bridgehead atoms.